The van der Waals surface area contributed by atoms with Gasteiger partial charge in [0.1, 0.15) is 5.01 Å². The van der Waals surface area contributed by atoms with Crippen molar-refractivity contribution in [3.05, 3.63) is 58.6 Å². The molecule has 0 radical (unpaired) electrons. The van der Waals surface area contributed by atoms with Crippen LogP contribution in [0.3, 0.4) is 0 Å². The Morgan fingerprint density at radius 2 is 1.97 bits per heavy atom. The number of likely N-dealkylation sites (N-methyl/N-ethyl adjacent to an activating group) is 1. The minimum atomic E-state index is -0.525. The molecule has 2 aromatic heterocycles. The second kappa shape index (κ2) is 8.26. The second-order valence-electron chi connectivity index (χ2n) is 6.63. The zero-order valence-corrected chi connectivity index (χ0v) is 17.6. The van der Waals surface area contributed by atoms with Crippen molar-refractivity contribution in [2.24, 2.45) is 0 Å². The number of amides is 1. The van der Waals surface area contributed by atoms with Crippen molar-refractivity contribution in [3.63, 3.8) is 0 Å². The van der Waals surface area contributed by atoms with E-state index in [0.717, 1.165) is 20.8 Å². The summed E-state index contributed by atoms with van der Waals surface area (Å²) in [5.41, 5.74) is 1.75. The molecule has 29 heavy (non-hydrogen) atoms. The summed E-state index contributed by atoms with van der Waals surface area (Å²) in [6.07, 6.45) is 0.555. The van der Waals surface area contributed by atoms with Crippen LogP contribution in [-0.4, -0.2) is 43.0 Å². The van der Waals surface area contributed by atoms with Gasteiger partial charge in [0.25, 0.3) is 0 Å². The molecule has 7 nitrogen and oxygen atoms in total. The molecule has 0 fully saturated rings. The van der Waals surface area contributed by atoms with Gasteiger partial charge in [-0.15, -0.1) is 21.5 Å². The monoisotopic (exact) mass is 426 g/mol. The minimum absolute atomic E-state index is 0.0770. The molecule has 0 N–H and O–H groups in total. The molecular formula is C20H19ClN6OS. The first-order valence-electron chi connectivity index (χ1n) is 9.20. The van der Waals surface area contributed by atoms with Gasteiger partial charge in [-0.3, -0.25) is 4.79 Å². The number of benzene rings is 2. The van der Waals surface area contributed by atoms with E-state index in [2.05, 4.69) is 20.4 Å². The lowest BCUT2D eigenvalue weighted by Crippen LogP contribution is -2.34. The predicted octanol–water partition coefficient (Wildman–Crippen LogP) is 4.21. The maximum absolute atomic E-state index is 13.0. The van der Waals surface area contributed by atoms with Crippen LogP contribution in [0.5, 0.6) is 0 Å². The van der Waals surface area contributed by atoms with Crippen molar-refractivity contribution in [2.45, 2.75) is 25.9 Å². The molecule has 148 valence electrons. The molecule has 1 amide bonds. The first-order chi connectivity index (χ1) is 14.0. The van der Waals surface area contributed by atoms with Crippen LogP contribution in [-0.2, 0) is 11.3 Å². The van der Waals surface area contributed by atoms with Crippen LogP contribution in [0.1, 0.15) is 24.4 Å². The third-order valence-electron chi connectivity index (χ3n) is 4.57. The quantitative estimate of drug-likeness (QED) is 0.461. The summed E-state index contributed by atoms with van der Waals surface area (Å²) in [4.78, 5) is 20.7. The van der Waals surface area contributed by atoms with Gasteiger partial charge in [0.15, 0.2) is 6.04 Å². The number of nitrogens with zero attached hydrogens (tertiary/aromatic N) is 6. The van der Waals surface area contributed by atoms with Crippen LogP contribution in [0.15, 0.2) is 48.5 Å². The number of hydrogen-bond acceptors (Lipinski definition) is 6. The highest BCUT2D eigenvalue weighted by Gasteiger charge is 2.25. The first-order valence-corrected chi connectivity index (χ1v) is 10.4. The van der Waals surface area contributed by atoms with Crippen LogP contribution < -0.4 is 0 Å². The SMILES string of the molecule is CCC(C(=O)N(C)Cc1nc2ccccc2s1)n1nnc(-c2ccc(Cl)cc2)n1. The van der Waals surface area contributed by atoms with Crippen LogP contribution in [0.4, 0.5) is 0 Å². The molecule has 0 bridgehead atoms. The van der Waals surface area contributed by atoms with E-state index >= 15 is 0 Å². The largest absolute Gasteiger partial charge is 0.337 e. The lowest BCUT2D eigenvalue weighted by Gasteiger charge is -2.21. The van der Waals surface area contributed by atoms with Crippen LogP contribution in [0.25, 0.3) is 21.6 Å². The van der Waals surface area contributed by atoms with Gasteiger partial charge in [0, 0.05) is 17.6 Å². The highest BCUT2D eigenvalue weighted by molar-refractivity contribution is 7.18. The topological polar surface area (TPSA) is 76.8 Å². The number of rotatable bonds is 6. The number of halogens is 1. The van der Waals surface area contributed by atoms with Gasteiger partial charge < -0.3 is 4.90 Å². The Morgan fingerprint density at radius 1 is 1.21 bits per heavy atom. The Hall–Kier alpha value is -2.84. The van der Waals surface area contributed by atoms with Gasteiger partial charge in [-0.2, -0.15) is 4.80 Å². The maximum Gasteiger partial charge on any atom is 0.249 e. The molecule has 0 saturated carbocycles. The number of hydrogen-bond donors (Lipinski definition) is 0. The molecule has 0 saturated heterocycles. The van der Waals surface area contributed by atoms with Crippen molar-refractivity contribution in [2.75, 3.05) is 7.05 Å². The smallest absolute Gasteiger partial charge is 0.249 e. The van der Waals surface area contributed by atoms with E-state index in [0.29, 0.717) is 23.8 Å². The summed E-state index contributed by atoms with van der Waals surface area (Å²) in [7, 11) is 1.77. The number of aromatic nitrogens is 5. The molecule has 0 aliphatic heterocycles. The number of tetrazole rings is 1. The van der Waals surface area contributed by atoms with E-state index in [-0.39, 0.29) is 5.91 Å². The predicted molar refractivity (Wildman–Crippen MR) is 114 cm³/mol. The Labute approximate surface area is 176 Å². The third kappa shape index (κ3) is 4.13. The lowest BCUT2D eigenvalue weighted by molar-refractivity contribution is -0.134. The molecule has 0 aliphatic carbocycles. The number of fused-ring (bicyclic) bond motifs is 1. The Kier molecular flexibility index (Phi) is 5.55. The molecule has 0 spiro atoms. The summed E-state index contributed by atoms with van der Waals surface area (Å²) in [5, 5.41) is 14.2. The van der Waals surface area contributed by atoms with Crippen molar-refractivity contribution in [1.29, 1.82) is 0 Å². The summed E-state index contributed by atoms with van der Waals surface area (Å²) >= 11 is 7.52. The van der Waals surface area contributed by atoms with Gasteiger partial charge in [-0.05, 0) is 48.0 Å². The molecule has 4 aromatic rings. The number of carbonyl (C=O) groups is 1. The molecule has 2 heterocycles. The number of carbonyl (C=O) groups excluding carboxylic acids is 1. The average Bonchev–Trinajstić information content (AvgIpc) is 3.36. The lowest BCUT2D eigenvalue weighted by atomic mass is 10.2. The Morgan fingerprint density at radius 3 is 2.69 bits per heavy atom. The van der Waals surface area contributed by atoms with Gasteiger partial charge in [0.05, 0.1) is 16.8 Å². The number of para-hydroxylation sites is 1. The summed E-state index contributed by atoms with van der Waals surface area (Å²) in [5.74, 6) is 0.383. The van der Waals surface area contributed by atoms with Gasteiger partial charge in [-0.1, -0.05) is 30.7 Å². The van der Waals surface area contributed by atoms with E-state index in [4.69, 9.17) is 11.6 Å². The van der Waals surface area contributed by atoms with E-state index in [1.54, 1.807) is 35.4 Å². The first kappa shape index (κ1) is 19.5. The van der Waals surface area contributed by atoms with Crippen LogP contribution in [0.2, 0.25) is 5.02 Å². The van der Waals surface area contributed by atoms with Crippen molar-refractivity contribution < 1.29 is 4.79 Å². The molecule has 9 heteroatoms. The zero-order chi connectivity index (χ0) is 20.4. The normalized spacial score (nSPS) is 12.2. The van der Waals surface area contributed by atoms with E-state index < -0.39 is 6.04 Å². The fraction of sp³-hybridized carbons (Fsp3) is 0.250. The Balaban J connectivity index is 1.50. The molecule has 4 rings (SSSR count). The fourth-order valence-corrected chi connectivity index (χ4v) is 4.18. The summed E-state index contributed by atoms with van der Waals surface area (Å²) in [6.45, 7) is 2.37. The standard InChI is InChI=1S/C20H19ClN6OS/c1-3-16(27-24-19(23-25-27)13-8-10-14(21)11-9-13)20(28)26(2)12-18-22-15-6-4-5-7-17(15)29-18/h4-11,16H,3,12H2,1-2H3. The molecule has 1 atom stereocenters. The highest BCUT2D eigenvalue weighted by atomic mass is 35.5. The van der Waals surface area contributed by atoms with Crippen molar-refractivity contribution >= 4 is 39.1 Å². The maximum atomic E-state index is 13.0. The van der Waals surface area contributed by atoms with E-state index in [9.17, 15) is 4.79 Å². The fourth-order valence-electron chi connectivity index (χ4n) is 3.03. The van der Waals surface area contributed by atoms with Gasteiger partial charge in [-0.25, -0.2) is 4.98 Å². The van der Waals surface area contributed by atoms with Crippen molar-refractivity contribution in [1.82, 2.24) is 30.1 Å². The highest BCUT2D eigenvalue weighted by Crippen LogP contribution is 2.24. The average molecular weight is 427 g/mol. The van der Waals surface area contributed by atoms with Crippen LogP contribution in [0, 0.1) is 0 Å². The molecular weight excluding hydrogens is 408 g/mol. The summed E-state index contributed by atoms with van der Waals surface area (Å²) in [6, 6.07) is 14.6. The second-order valence-corrected chi connectivity index (χ2v) is 8.19. The molecule has 1 unspecified atom stereocenters. The molecule has 0 aliphatic rings. The van der Waals surface area contributed by atoms with Gasteiger partial charge in [0.2, 0.25) is 11.7 Å². The van der Waals surface area contributed by atoms with E-state index in [1.165, 1.54) is 4.80 Å². The van der Waals surface area contributed by atoms with Gasteiger partial charge >= 0.3 is 0 Å². The number of thiazole rings is 1. The zero-order valence-electron chi connectivity index (χ0n) is 16.0. The van der Waals surface area contributed by atoms with Crippen LogP contribution >= 0.6 is 22.9 Å². The molecule has 2 aromatic carbocycles. The van der Waals surface area contributed by atoms with E-state index in [1.807, 2.05) is 43.3 Å². The minimum Gasteiger partial charge on any atom is -0.337 e. The summed E-state index contributed by atoms with van der Waals surface area (Å²) < 4.78 is 1.11. The van der Waals surface area contributed by atoms with Crippen molar-refractivity contribution in [3.8, 4) is 11.4 Å². The Bertz CT molecular complexity index is 1110. The third-order valence-corrected chi connectivity index (χ3v) is 5.84.